The van der Waals surface area contributed by atoms with Gasteiger partial charge in [-0.25, -0.2) is 8.42 Å². The fourth-order valence-electron chi connectivity index (χ4n) is 2.69. The number of rotatable bonds is 4. The van der Waals surface area contributed by atoms with Crippen molar-refractivity contribution in [2.24, 2.45) is 4.99 Å². The van der Waals surface area contributed by atoms with Crippen LogP contribution in [0.4, 0.5) is 0 Å². The van der Waals surface area contributed by atoms with E-state index >= 15 is 0 Å². The predicted octanol–water partition coefficient (Wildman–Crippen LogP) is 0.0190. The molecule has 0 spiro atoms. The van der Waals surface area contributed by atoms with Crippen LogP contribution < -0.4 is 0 Å². The maximum absolute atomic E-state index is 11.8. The van der Waals surface area contributed by atoms with Gasteiger partial charge in [-0.15, -0.1) is 0 Å². The van der Waals surface area contributed by atoms with Crippen LogP contribution in [0.5, 0.6) is 0 Å². The predicted molar refractivity (Wildman–Crippen MR) is 74.4 cm³/mol. The molecule has 0 aromatic heterocycles. The average Bonchev–Trinajstić information content (AvgIpc) is 2.73. The third-order valence-electron chi connectivity index (χ3n) is 3.85. The molecule has 0 aliphatic carbocycles. The molecule has 0 bridgehead atoms. The van der Waals surface area contributed by atoms with E-state index in [1.54, 1.807) is 6.34 Å². The summed E-state index contributed by atoms with van der Waals surface area (Å²) in [5, 5.41) is 9.05. The van der Waals surface area contributed by atoms with Crippen LogP contribution in [0.3, 0.4) is 0 Å². The number of sulfonamides is 1. The summed E-state index contributed by atoms with van der Waals surface area (Å²) in [6, 6.07) is 0.0402. The van der Waals surface area contributed by atoms with Crippen molar-refractivity contribution in [3.8, 4) is 0 Å². The first-order valence-corrected chi connectivity index (χ1v) is 8.26. The number of fused-ring (bicyclic) bond motifs is 1. The zero-order valence-corrected chi connectivity index (χ0v) is 12.4. The highest BCUT2D eigenvalue weighted by atomic mass is 32.2. The fraction of sp³-hybridized carbons (Fsp3) is 0.750. The molecule has 2 atom stereocenters. The normalized spacial score (nSPS) is 27.3. The third-order valence-corrected chi connectivity index (χ3v) is 5.18. The Hall–Kier alpha value is -0.920. The van der Waals surface area contributed by atoms with E-state index in [0.717, 1.165) is 0 Å². The lowest BCUT2D eigenvalue weighted by Gasteiger charge is -2.25. The monoisotopic (exact) mass is 287 g/mol. The Labute approximate surface area is 114 Å². The van der Waals surface area contributed by atoms with Crippen LogP contribution in [-0.4, -0.2) is 67.1 Å². The Balaban J connectivity index is 2.24. The van der Waals surface area contributed by atoms with Gasteiger partial charge in [-0.05, 0) is 19.4 Å². The number of nitrogens with zero attached hydrogens (tertiary/aromatic N) is 3. The van der Waals surface area contributed by atoms with Crippen LogP contribution in [0.2, 0.25) is 0 Å². The summed E-state index contributed by atoms with van der Waals surface area (Å²) < 4.78 is 25.0. The maximum atomic E-state index is 11.8. The molecule has 1 fully saturated rings. The van der Waals surface area contributed by atoms with Crippen molar-refractivity contribution in [2.45, 2.75) is 32.4 Å². The van der Waals surface area contributed by atoms with Gasteiger partial charge in [-0.2, -0.15) is 4.31 Å². The molecule has 0 unspecified atom stereocenters. The van der Waals surface area contributed by atoms with Crippen LogP contribution in [0.25, 0.3) is 0 Å². The molecule has 6 nitrogen and oxygen atoms in total. The number of hydrogen-bond donors (Lipinski definition) is 1. The van der Waals surface area contributed by atoms with Crippen LogP contribution in [-0.2, 0) is 10.0 Å². The van der Waals surface area contributed by atoms with Crippen molar-refractivity contribution >= 4 is 16.4 Å². The summed E-state index contributed by atoms with van der Waals surface area (Å²) in [5.41, 5.74) is 2.36. The van der Waals surface area contributed by atoms with Gasteiger partial charge < -0.3 is 10.0 Å². The quantitative estimate of drug-likeness (QED) is 0.791. The molecule has 0 aromatic rings. The van der Waals surface area contributed by atoms with Crippen molar-refractivity contribution in [2.75, 3.05) is 26.0 Å². The molecule has 0 aromatic carbocycles. The Morgan fingerprint density at radius 2 is 2.26 bits per heavy atom. The van der Waals surface area contributed by atoms with E-state index in [0.29, 0.717) is 13.0 Å². The minimum Gasteiger partial charge on any atom is -0.395 e. The highest BCUT2D eigenvalue weighted by molar-refractivity contribution is 7.88. The molecule has 0 radical (unpaired) electrons. The summed E-state index contributed by atoms with van der Waals surface area (Å²) in [4.78, 5) is 6.40. The molecule has 7 heteroatoms. The minimum absolute atomic E-state index is 0.121. The lowest BCUT2D eigenvalue weighted by atomic mass is 10.1. The van der Waals surface area contributed by atoms with Gasteiger partial charge in [0.25, 0.3) is 0 Å². The zero-order chi connectivity index (χ0) is 14.2. The molecule has 1 saturated heterocycles. The van der Waals surface area contributed by atoms with Crippen molar-refractivity contribution in [3.63, 3.8) is 0 Å². The summed E-state index contributed by atoms with van der Waals surface area (Å²) in [6.07, 6.45) is 3.68. The zero-order valence-electron chi connectivity index (χ0n) is 11.6. The lowest BCUT2D eigenvalue weighted by Crippen LogP contribution is -2.42. The molecule has 108 valence electrons. The van der Waals surface area contributed by atoms with Gasteiger partial charge in [0.05, 0.1) is 25.2 Å². The molecule has 2 heterocycles. The molecule has 0 saturated carbocycles. The van der Waals surface area contributed by atoms with Crippen LogP contribution >= 0.6 is 0 Å². The van der Waals surface area contributed by atoms with E-state index in [2.05, 4.69) is 4.99 Å². The Kier molecular flexibility index (Phi) is 3.98. The standard InChI is InChI=1S/C12H21N3O3S/c1-9-10(2)13-8-14-7-11(6-12(9)14)15(4-5-16)19(3,17)18/h8,10-11,16H,4-7H2,1-3H3/t10-,11-/m0/s1. The van der Waals surface area contributed by atoms with E-state index in [1.807, 2.05) is 18.7 Å². The van der Waals surface area contributed by atoms with Crippen LogP contribution in [0, 0.1) is 0 Å². The van der Waals surface area contributed by atoms with Gasteiger partial charge in [0, 0.05) is 31.2 Å². The average molecular weight is 287 g/mol. The van der Waals surface area contributed by atoms with Gasteiger partial charge in [0.1, 0.15) is 0 Å². The third kappa shape index (κ3) is 2.82. The Morgan fingerprint density at radius 3 is 2.84 bits per heavy atom. The second-order valence-corrected chi connectivity index (χ2v) is 7.11. The van der Waals surface area contributed by atoms with E-state index in [1.165, 1.54) is 21.8 Å². The molecule has 1 N–H and O–H groups in total. The summed E-state index contributed by atoms with van der Waals surface area (Å²) >= 11 is 0. The molecule has 19 heavy (non-hydrogen) atoms. The molecule has 0 amide bonds. The van der Waals surface area contributed by atoms with Crippen LogP contribution in [0.15, 0.2) is 16.3 Å². The van der Waals surface area contributed by atoms with Crippen molar-refractivity contribution < 1.29 is 13.5 Å². The smallest absolute Gasteiger partial charge is 0.211 e. The Morgan fingerprint density at radius 1 is 1.58 bits per heavy atom. The maximum Gasteiger partial charge on any atom is 0.211 e. The van der Waals surface area contributed by atoms with Gasteiger partial charge in [-0.1, -0.05) is 0 Å². The summed E-state index contributed by atoms with van der Waals surface area (Å²) in [7, 11) is -3.30. The second kappa shape index (κ2) is 5.22. The van der Waals surface area contributed by atoms with Crippen molar-refractivity contribution in [3.05, 3.63) is 11.3 Å². The van der Waals surface area contributed by atoms with Gasteiger partial charge in [-0.3, -0.25) is 4.99 Å². The highest BCUT2D eigenvalue weighted by Gasteiger charge is 2.36. The summed E-state index contributed by atoms with van der Waals surface area (Å²) in [6.45, 7) is 4.67. The first kappa shape index (κ1) is 14.5. The minimum atomic E-state index is -3.30. The van der Waals surface area contributed by atoms with Crippen LogP contribution in [0.1, 0.15) is 20.3 Å². The second-order valence-electron chi connectivity index (χ2n) is 5.18. The largest absolute Gasteiger partial charge is 0.395 e. The number of aliphatic hydroxyl groups excluding tert-OH is 1. The first-order valence-electron chi connectivity index (χ1n) is 6.42. The van der Waals surface area contributed by atoms with Crippen molar-refractivity contribution in [1.29, 1.82) is 0 Å². The molecule has 2 aliphatic rings. The molecule has 2 rings (SSSR count). The van der Waals surface area contributed by atoms with Gasteiger partial charge in [0.15, 0.2) is 0 Å². The summed E-state index contributed by atoms with van der Waals surface area (Å²) in [5.74, 6) is 0. The number of hydrogen-bond acceptors (Lipinski definition) is 5. The van der Waals surface area contributed by atoms with E-state index < -0.39 is 10.0 Å². The van der Waals surface area contributed by atoms with E-state index in [-0.39, 0.29) is 25.2 Å². The van der Waals surface area contributed by atoms with E-state index in [9.17, 15) is 8.42 Å². The molecule has 2 aliphatic heterocycles. The highest BCUT2D eigenvalue weighted by Crippen LogP contribution is 2.31. The Bertz CT molecular complexity index is 512. The lowest BCUT2D eigenvalue weighted by molar-refractivity contribution is 0.229. The fourth-order valence-corrected chi connectivity index (χ4v) is 3.79. The molecular weight excluding hydrogens is 266 g/mol. The van der Waals surface area contributed by atoms with Crippen molar-refractivity contribution in [1.82, 2.24) is 9.21 Å². The number of aliphatic imine (C=N–C) groups is 1. The van der Waals surface area contributed by atoms with Gasteiger partial charge >= 0.3 is 0 Å². The van der Waals surface area contributed by atoms with Gasteiger partial charge in [0.2, 0.25) is 10.0 Å². The number of aliphatic hydroxyl groups is 1. The molecular formula is C12H21N3O3S. The topological polar surface area (TPSA) is 73.2 Å². The van der Waals surface area contributed by atoms with E-state index in [4.69, 9.17) is 5.11 Å². The first-order chi connectivity index (χ1) is 8.84. The SMILES string of the molecule is CC1=C2C[C@H](N(CCO)S(C)(=O)=O)CN2C=N[C@H]1C.